The maximum absolute atomic E-state index is 12.6. The van der Waals surface area contributed by atoms with Crippen molar-refractivity contribution in [3.63, 3.8) is 0 Å². The first-order valence-electron chi connectivity index (χ1n) is 8.22. The Hall–Kier alpha value is -2.77. The second kappa shape index (κ2) is 7.23. The summed E-state index contributed by atoms with van der Waals surface area (Å²) in [6.45, 7) is 5.28. The normalized spacial score (nSPS) is 16.5. The standard InChI is InChI=1S/C18H19F3N4O/c1-2-16(26)22-8-13-9-23-17-14(10-24-25(17)11-13)7-12-3-5-15(6-4-12)18(19,20)21/h2-6,10,13,23H,1,7-9,11H2,(H,22,26). The number of carbonyl (C=O) groups is 1. The molecule has 1 atom stereocenters. The maximum atomic E-state index is 12.6. The molecule has 0 radical (unpaired) electrons. The number of benzene rings is 1. The number of nitrogens with one attached hydrogen (secondary N) is 2. The van der Waals surface area contributed by atoms with Gasteiger partial charge in [0.1, 0.15) is 5.82 Å². The Morgan fingerprint density at radius 1 is 1.38 bits per heavy atom. The van der Waals surface area contributed by atoms with Crippen LogP contribution in [0.1, 0.15) is 16.7 Å². The lowest BCUT2D eigenvalue weighted by Gasteiger charge is -2.25. The molecule has 2 heterocycles. The summed E-state index contributed by atoms with van der Waals surface area (Å²) < 4.78 is 39.7. The first-order chi connectivity index (χ1) is 12.4. The van der Waals surface area contributed by atoms with Crippen molar-refractivity contribution in [2.45, 2.75) is 19.1 Å². The molecule has 0 fully saturated rings. The average Bonchev–Trinajstić information content (AvgIpc) is 3.01. The monoisotopic (exact) mass is 364 g/mol. The number of hydrogen-bond acceptors (Lipinski definition) is 3. The Morgan fingerprint density at radius 2 is 2.12 bits per heavy atom. The molecule has 3 rings (SSSR count). The molecule has 2 aromatic rings. The van der Waals surface area contributed by atoms with Crippen LogP contribution in [0.5, 0.6) is 0 Å². The van der Waals surface area contributed by atoms with E-state index in [9.17, 15) is 18.0 Å². The van der Waals surface area contributed by atoms with Crippen molar-refractivity contribution in [2.75, 3.05) is 18.4 Å². The van der Waals surface area contributed by atoms with Gasteiger partial charge in [-0.3, -0.25) is 4.79 Å². The summed E-state index contributed by atoms with van der Waals surface area (Å²) in [6.07, 6.45) is -0.867. The summed E-state index contributed by atoms with van der Waals surface area (Å²) in [4.78, 5) is 11.3. The minimum Gasteiger partial charge on any atom is -0.370 e. The van der Waals surface area contributed by atoms with Gasteiger partial charge >= 0.3 is 6.18 Å². The molecule has 0 aliphatic carbocycles. The third-order valence-electron chi connectivity index (χ3n) is 4.33. The third kappa shape index (κ3) is 4.07. The number of anilines is 1. The van der Waals surface area contributed by atoms with Gasteiger partial charge in [0, 0.05) is 37.5 Å². The summed E-state index contributed by atoms with van der Waals surface area (Å²) in [7, 11) is 0. The van der Waals surface area contributed by atoms with E-state index in [1.807, 2.05) is 4.68 Å². The van der Waals surface area contributed by atoms with Crippen LogP contribution in [-0.2, 0) is 23.9 Å². The Balaban J connectivity index is 1.65. The zero-order chi connectivity index (χ0) is 18.7. The van der Waals surface area contributed by atoms with Crippen LogP contribution in [0, 0.1) is 5.92 Å². The van der Waals surface area contributed by atoms with Gasteiger partial charge < -0.3 is 10.6 Å². The van der Waals surface area contributed by atoms with Gasteiger partial charge in [0.05, 0.1) is 11.8 Å². The number of rotatable bonds is 5. The number of nitrogens with zero attached hydrogens (tertiary/aromatic N) is 2. The van der Waals surface area contributed by atoms with E-state index in [4.69, 9.17) is 0 Å². The number of aromatic nitrogens is 2. The van der Waals surface area contributed by atoms with E-state index in [2.05, 4.69) is 22.3 Å². The molecular formula is C18H19F3N4O. The molecule has 138 valence electrons. The molecule has 1 aliphatic heterocycles. The summed E-state index contributed by atoms with van der Waals surface area (Å²) in [5.41, 5.74) is 1.06. The molecule has 1 aliphatic rings. The van der Waals surface area contributed by atoms with Crippen LogP contribution in [0.25, 0.3) is 0 Å². The Morgan fingerprint density at radius 3 is 2.77 bits per heavy atom. The van der Waals surface area contributed by atoms with Gasteiger partial charge in [-0.05, 0) is 23.8 Å². The number of amides is 1. The van der Waals surface area contributed by atoms with E-state index in [1.54, 1.807) is 6.20 Å². The summed E-state index contributed by atoms with van der Waals surface area (Å²) in [5.74, 6) is 0.862. The van der Waals surface area contributed by atoms with Gasteiger partial charge in [0.25, 0.3) is 0 Å². The lowest BCUT2D eigenvalue weighted by Crippen LogP contribution is -2.37. The first-order valence-corrected chi connectivity index (χ1v) is 8.22. The van der Waals surface area contributed by atoms with E-state index in [0.717, 1.165) is 29.1 Å². The minimum atomic E-state index is -4.33. The van der Waals surface area contributed by atoms with Crippen LogP contribution in [-0.4, -0.2) is 28.8 Å². The Bertz CT molecular complexity index is 796. The highest BCUT2D eigenvalue weighted by Crippen LogP contribution is 2.30. The van der Waals surface area contributed by atoms with Gasteiger partial charge in [-0.2, -0.15) is 18.3 Å². The third-order valence-corrected chi connectivity index (χ3v) is 4.33. The lowest BCUT2D eigenvalue weighted by atomic mass is 10.0. The van der Waals surface area contributed by atoms with Crippen LogP contribution < -0.4 is 10.6 Å². The predicted molar refractivity (Wildman–Crippen MR) is 91.7 cm³/mol. The molecule has 1 amide bonds. The van der Waals surface area contributed by atoms with E-state index < -0.39 is 11.7 Å². The van der Waals surface area contributed by atoms with Crippen molar-refractivity contribution >= 4 is 11.7 Å². The largest absolute Gasteiger partial charge is 0.416 e. The van der Waals surface area contributed by atoms with E-state index in [0.29, 0.717) is 26.1 Å². The van der Waals surface area contributed by atoms with Crippen molar-refractivity contribution in [1.82, 2.24) is 15.1 Å². The molecule has 1 aromatic carbocycles. The fourth-order valence-corrected chi connectivity index (χ4v) is 2.93. The number of fused-ring (bicyclic) bond motifs is 1. The quantitative estimate of drug-likeness (QED) is 0.802. The summed E-state index contributed by atoms with van der Waals surface area (Å²) in [6, 6.07) is 5.17. The Labute approximate surface area is 148 Å². The van der Waals surface area contributed by atoms with Crippen LogP contribution >= 0.6 is 0 Å². The molecule has 0 bridgehead atoms. The fourth-order valence-electron chi connectivity index (χ4n) is 2.93. The minimum absolute atomic E-state index is 0.199. The fraction of sp³-hybridized carbons (Fsp3) is 0.333. The SMILES string of the molecule is C=CC(=O)NCC1CNc2c(Cc3ccc(C(F)(F)F)cc3)cnn2C1. The number of hydrogen-bond donors (Lipinski definition) is 2. The number of halogens is 3. The second-order valence-electron chi connectivity index (χ2n) is 6.27. The number of alkyl halides is 3. The molecule has 0 saturated carbocycles. The highest BCUT2D eigenvalue weighted by molar-refractivity contribution is 5.86. The van der Waals surface area contributed by atoms with Crippen LogP contribution in [0.2, 0.25) is 0 Å². The predicted octanol–water partition coefficient (Wildman–Crippen LogP) is 2.84. The van der Waals surface area contributed by atoms with Crippen molar-refractivity contribution in [2.24, 2.45) is 5.92 Å². The van der Waals surface area contributed by atoms with E-state index in [1.165, 1.54) is 18.2 Å². The van der Waals surface area contributed by atoms with Crippen LogP contribution in [0.3, 0.4) is 0 Å². The molecule has 0 saturated heterocycles. The molecule has 2 N–H and O–H groups in total. The van der Waals surface area contributed by atoms with Gasteiger partial charge in [0.15, 0.2) is 0 Å². The van der Waals surface area contributed by atoms with E-state index >= 15 is 0 Å². The molecule has 8 heteroatoms. The molecule has 5 nitrogen and oxygen atoms in total. The molecule has 0 spiro atoms. The van der Waals surface area contributed by atoms with Gasteiger partial charge in [0.2, 0.25) is 5.91 Å². The average molecular weight is 364 g/mol. The van der Waals surface area contributed by atoms with Gasteiger partial charge in [-0.15, -0.1) is 0 Å². The molecule has 26 heavy (non-hydrogen) atoms. The number of carbonyl (C=O) groups excluding carboxylic acids is 1. The summed E-state index contributed by atoms with van der Waals surface area (Å²) in [5, 5.41) is 10.4. The zero-order valence-electron chi connectivity index (χ0n) is 14.0. The Kier molecular flexibility index (Phi) is 5.01. The van der Waals surface area contributed by atoms with Crippen molar-refractivity contribution in [1.29, 1.82) is 0 Å². The highest BCUT2D eigenvalue weighted by atomic mass is 19.4. The highest BCUT2D eigenvalue weighted by Gasteiger charge is 2.30. The zero-order valence-corrected chi connectivity index (χ0v) is 14.0. The van der Waals surface area contributed by atoms with Gasteiger partial charge in [-0.25, -0.2) is 4.68 Å². The topological polar surface area (TPSA) is 59.0 Å². The van der Waals surface area contributed by atoms with E-state index in [-0.39, 0.29) is 11.8 Å². The first kappa shape index (κ1) is 18.0. The van der Waals surface area contributed by atoms with Crippen molar-refractivity contribution < 1.29 is 18.0 Å². The van der Waals surface area contributed by atoms with Crippen molar-refractivity contribution in [3.8, 4) is 0 Å². The van der Waals surface area contributed by atoms with Crippen LogP contribution in [0.4, 0.5) is 19.0 Å². The molecular weight excluding hydrogens is 345 g/mol. The summed E-state index contributed by atoms with van der Waals surface area (Å²) >= 11 is 0. The maximum Gasteiger partial charge on any atom is 0.416 e. The molecule has 1 unspecified atom stereocenters. The van der Waals surface area contributed by atoms with Crippen LogP contribution in [0.15, 0.2) is 43.1 Å². The molecule has 1 aromatic heterocycles. The second-order valence-corrected chi connectivity index (χ2v) is 6.27. The smallest absolute Gasteiger partial charge is 0.370 e. The van der Waals surface area contributed by atoms with Gasteiger partial charge in [-0.1, -0.05) is 18.7 Å². The lowest BCUT2D eigenvalue weighted by molar-refractivity contribution is -0.137. The van der Waals surface area contributed by atoms with Crippen molar-refractivity contribution in [3.05, 3.63) is 59.8 Å².